The molecule has 0 aliphatic carbocycles. The summed E-state index contributed by atoms with van der Waals surface area (Å²) < 4.78 is 71.7. The van der Waals surface area contributed by atoms with Gasteiger partial charge in [-0.25, -0.2) is 0 Å². The van der Waals surface area contributed by atoms with E-state index in [-0.39, 0.29) is 0 Å². The Labute approximate surface area is 75.5 Å². The summed E-state index contributed by atoms with van der Waals surface area (Å²) in [5.41, 5.74) is -3.56. The van der Waals surface area contributed by atoms with E-state index < -0.39 is 24.3 Å². The number of rotatable bonds is 2. The summed E-state index contributed by atoms with van der Waals surface area (Å²) >= 11 is 0. The Morgan fingerprint density at radius 3 is 1.64 bits per heavy atom. The largest absolute Gasteiger partial charge is 0.420 e. The van der Waals surface area contributed by atoms with Crippen LogP contribution in [0.15, 0.2) is 0 Å². The third-order valence-corrected chi connectivity index (χ3v) is 1.57. The molecule has 14 heavy (non-hydrogen) atoms. The Hall–Kier alpha value is -0.970. The molecule has 0 aliphatic heterocycles. The van der Waals surface area contributed by atoms with Crippen LogP contribution in [-0.4, -0.2) is 24.9 Å². The maximum atomic E-state index is 12.1. The molecule has 0 saturated carbocycles. The van der Waals surface area contributed by atoms with Crippen LogP contribution in [0.1, 0.15) is 6.42 Å². The van der Waals surface area contributed by atoms with Crippen LogP contribution in [-0.2, 0) is 0 Å². The molecular weight excluding hydrogens is 214 g/mol. The van der Waals surface area contributed by atoms with Crippen LogP contribution >= 0.6 is 0 Å². The number of hydrogen-bond donors (Lipinski definition) is 1. The van der Waals surface area contributed by atoms with E-state index >= 15 is 0 Å². The second-order valence-electron chi connectivity index (χ2n) is 2.56. The highest BCUT2D eigenvalue weighted by molar-refractivity contribution is 5.12. The molecule has 0 heterocycles. The van der Waals surface area contributed by atoms with E-state index in [1.54, 1.807) is 0 Å². The molecule has 0 saturated heterocycles. The first kappa shape index (κ1) is 13.0. The number of alkyl halides is 6. The zero-order valence-corrected chi connectivity index (χ0v) is 6.92. The fourth-order valence-electron chi connectivity index (χ4n) is 0.790. The molecule has 82 valence electrons. The molecular formula is C6H6F6N2. The van der Waals surface area contributed by atoms with Gasteiger partial charge in [0.1, 0.15) is 0 Å². The van der Waals surface area contributed by atoms with Crippen molar-refractivity contribution in [1.29, 1.82) is 5.26 Å². The number of nitrogens with one attached hydrogen (secondary N) is 1. The predicted molar refractivity (Wildman–Crippen MR) is 34.1 cm³/mol. The van der Waals surface area contributed by atoms with E-state index in [1.165, 1.54) is 5.32 Å². The lowest BCUT2D eigenvalue weighted by Crippen LogP contribution is -2.56. The topological polar surface area (TPSA) is 35.8 Å². The molecule has 2 nitrogen and oxygen atoms in total. The second-order valence-corrected chi connectivity index (χ2v) is 2.56. The number of hydrogen-bond acceptors (Lipinski definition) is 2. The van der Waals surface area contributed by atoms with Gasteiger partial charge in [-0.1, -0.05) is 0 Å². The van der Waals surface area contributed by atoms with Gasteiger partial charge in [-0.2, -0.15) is 31.6 Å². The maximum absolute atomic E-state index is 12.1. The quantitative estimate of drug-likeness (QED) is 0.722. The van der Waals surface area contributed by atoms with Crippen molar-refractivity contribution in [2.45, 2.75) is 24.3 Å². The monoisotopic (exact) mass is 220 g/mol. The van der Waals surface area contributed by atoms with E-state index in [0.717, 1.165) is 0 Å². The molecule has 0 radical (unpaired) electrons. The Morgan fingerprint density at radius 1 is 1.14 bits per heavy atom. The van der Waals surface area contributed by atoms with Crippen LogP contribution in [0.25, 0.3) is 0 Å². The van der Waals surface area contributed by atoms with Crippen LogP contribution in [0.3, 0.4) is 0 Å². The van der Waals surface area contributed by atoms with Crippen molar-refractivity contribution in [3.8, 4) is 6.07 Å². The van der Waals surface area contributed by atoms with Crippen molar-refractivity contribution in [3.05, 3.63) is 0 Å². The first-order valence-electron chi connectivity index (χ1n) is 3.31. The van der Waals surface area contributed by atoms with Crippen molar-refractivity contribution < 1.29 is 26.3 Å². The summed E-state index contributed by atoms with van der Waals surface area (Å²) in [5, 5.41) is 9.50. The van der Waals surface area contributed by atoms with Gasteiger partial charge >= 0.3 is 12.4 Å². The van der Waals surface area contributed by atoms with Gasteiger partial charge in [-0.05, 0) is 7.05 Å². The molecule has 8 heteroatoms. The first-order valence-corrected chi connectivity index (χ1v) is 3.31. The molecule has 0 rings (SSSR count). The van der Waals surface area contributed by atoms with Crippen molar-refractivity contribution in [2.75, 3.05) is 7.05 Å². The molecule has 0 spiro atoms. The lowest BCUT2D eigenvalue weighted by atomic mass is 9.96. The van der Waals surface area contributed by atoms with Gasteiger partial charge < -0.3 is 0 Å². The molecule has 0 amide bonds. The normalized spacial score (nSPS) is 17.3. The standard InChI is InChI=1S/C6H6F6N2/c1-14-4(3-13,6(10,11)12)2-5(7,8)9/h14H,2H2,1H3. The molecule has 0 aromatic heterocycles. The van der Waals surface area contributed by atoms with Crippen LogP contribution in [0.5, 0.6) is 0 Å². The van der Waals surface area contributed by atoms with Gasteiger partial charge in [0.25, 0.3) is 0 Å². The van der Waals surface area contributed by atoms with E-state index in [1.807, 2.05) is 0 Å². The molecule has 0 aromatic rings. The fourth-order valence-corrected chi connectivity index (χ4v) is 0.790. The SMILES string of the molecule is CNC(C#N)(CC(F)(F)F)C(F)(F)F. The van der Waals surface area contributed by atoms with E-state index in [2.05, 4.69) is 0 Å². The zero-order chi connectivity index (χ0) is 11.6. The Bertz CT molecular complexity index is 236. The molecule has 0 fully saturated rings. The summed E-state index contributed by atoms with van der Waals surface area (Å²) in [5.74, 6) is 0. The molecule has 0 bridgehead atoms. The summed E-state index contributed by atoms with van der Waals surface area (Å²) in [4.78, 5) is 0. The summed E-state index contributed by atoms with van der Waals surface area (Å²) in [7, 11) is 0.655. The fraction of sp³-hybridized carbons (Fsp3) is 0.833. The van der Waals surface area contributed by atoms with Crippen LogP contribution < -0.4 is 5.32 Å². The van der Waals surface area contributed by atoms with Gasteiger partial charge in [0, 0.05) is 0 Å². The average Bonchev–Trinajstić information content (AvgIpc) is 1.96. The summed E-state index contributed by atoms with van der Waals surface area (Å²) in [6.45, 7) is 0. The molecule has 1 atom stereocenters. The second kappa shape index (κ2) is 3.65. The predicted octanol–water partition coefficient (Wildman–Crippen LogP) is 1.98. The molecule has 1 N–H and O–H groups in total. The number of nitrogens with zero attached hydrogens (tertiary/aromatic N) is 1. The Kier molecular flexibility index (Phi) is 3.40. The first-order chi connectivity index (χ1) is 6.08. The highest BCUT2D eigenvalue weighted by atomic mass is 19.4. The third-order valence-electron chi connectivity index (χ3n) is 1.57. The van der Waals surface area contributed by atoms with Gasteiger partial charge in [0.15, 0.2) is 0 Å². The lowest BCUT2D eigenvalue weighted by molar-refractivity contribution is -0.220. The molecule has 0 aromatic carbocycles. The van der Waals surface area contributed by atoms with Gasteiger partial charge in [-0.3, -0.25) is 5.32 Å². The maximum Gasteiger partial charge on any atom is 0.420 e. The Morgan fingerprint density at radius 2 is 1.57 bits per heavy atom. The average molecular weight is 220 g/mol. The summed E-state index contributed by atoms with van der Waals surface area (Å²) in [6.07, 6.45) is -12.6. The number of nitriles is 1. The van der Waals surface area contributed by atoms with Crippen molar-refractivity contribution in [1.82, 2.24) is 5.32 Å². The molecule has 0 aliphatic rings. The Balaban J connectivity index is 5.04. The third kappa shape index (κ3) is 2.77. The van der Waals surface area contributed by atoms with E-state index in [4.69, 9.17) is 5.26 Å². The van der Waals surface area contributed by atoms with E-state index in [9.17, 15) is 26.3 Å². The summed E-state index contributed by atoms with van der Waals surface area (Å²) in [6, 6.07) is 0.606. The lowest BCUT2D eigenvalue weighted by Gasteiger charge is -2.29. The van der Waals surface area contributed by atoms with Crippen molar-refractivity contribution in [3.63, 3.8) is 0 Å². The van der Waals surface area contributed by atoms with Crippen LogP contribution in [0.4, 0.5) is 26.3 Å². The van der Waals surface area contributed by atoms with Gasteiger partial charge in [0.2, 0.25) is 5.54 Å². The highest BCUT2D eigenvalue weighted by Gasteiger charge is 2.59. The van der Waals surface area contributed by atoms with Crippen LogP contribution in [0, 0.1) is 11.3 Å². The van der Waals surface area contributed by atoms with Crippen molar-refractivity contribution >= 4 is 0 Å². The smallest absolute Gasteiger partial charge is 0.295 e. The minimum atomic E-state index is -5.27. The van der Waals surface area contributed by atoms with Gasteiger partial charge in [0.05, 0.1) is 12.5 Å². The minimum Gasteiger partial charge on any atom is -0.295 e. The zero-order valence-electron chi connectivity index (χ0n) is 6.92. The molecule has 1 unspecified atom stereocenters. The minimum absolute atomic E-state index is 0.606. The number of halogens is 6. The van der Waals surface area contributed by atoms with Crippen molar-refractivity contribution in [2.24, 2.45) is 0 Å². The van der Waals surface area contributed by atoms with Gasteiger partial charge in [-0.15, -0.1) is 0 Å². The van der Waals surface area contributed by atoms with Crippen LogP contribution in [0.2, 0.25) is 0 Å². The highest BCUT2D eigenvalue weighted by Crippen LogP contribution is 2.38. The van der Waals surface area contributed by atoms with E-state index in [0.29, 0.717) is 13.1 Å².